The van der Waals surface area contributed by atoms with Crippen molar-refractivity contribution in [3.63, 3.8) is 0 Å². The highest BCUT2D eigenvalue weighted by Gasteiger charge is 2.30. The second kappa shape index (κ2) is 7.68. The number of imidazole rings is 1. The summed E-state index contributed by atoms with van der Waals surface area (Å²) >= 11 is 0. The number of para-hydroxylation sites is 2. The van der Waals surface area contributed by atoms with Crippen LogP contribution < -0.4 is 16.4 Å². The topological polar surface area (TPSA) is 80.5 Å². The molecule has 2 aliphatic heterocycles. The molecule has 8 nitrogen and oxygen atoms in total. The first kappa shape index (κ1) is 19.7. The first-order chi connectivity index (χ1) is 13.9. The van der Waals surface area contributed by atoms with E-state index in [0.29, 0.717) is 24.5 Å². The number of hydrazine groups is 1. The third-order valence-electron chi connectivity index (χ3n) is 5.91. The van der Waals surface area contributed by atoms with Crippen LogP contribution in [-0.2, 0) is 11.3 Å². The molecule has 2 aliphatic rings. The molecule has 0 radical (unpaired) electrons. The normalized spacial score (nSPS) is 22.9. The Balaban J connectivity index is 1.59. The van der Waals surface area contributed by atoms with E-state index in [4.69, 9.17) is 4.74 Å². The summed E-state index contributed by atoms with van der Waals surface area (Å²) in [6, 6.07) is 7.08. The van der Waals surface area contributed by atoms with Gasteiger partial charge in [-0.1, -0.05) is 12.1 Å². The van der Waals surface area contributed by atoms with Gasteiger partial charge in [0.15, 0.2) is 0 Å². The Morgan fingerprint density at radius 3 is 2.62 bits per heavy atom. The van der Waals surface area contributed by atoms with Crippen LogP contribution in [-0.4, -0.2) is 52.5 Å². The van der Waals surface area contributed by atoms with Crippen LogP contribution in [0, 0.1) is 5.92 Å². The maximum Gasteiger partial charge on any atom is 0.337 e. The van der Waals surface area contributed by atoms with Crippen LogP contribution in [0.15, 0.2) is 40.8 Å². The van der Waals surface area contributed by atoms with Gasteiger partial charge in [-0.2, -0.15) is 0 Å². The number of hydrogen-bond acceptors (Lipinski definition) is 5. The number of amides is 1. The minimum atomic E-state index is -0.402. The van der Waals surface area contributed by atoms with Crippen LogP contribution in [0.5, 0.6) is 0 Å². The number of fused-ring (bicyclic) bond motifs is 1. The zero-order chi connectivity index (χ0) is 20.6. The Kier molecular flexibility index (Phi) is 5.23. The fraction of sp³-hybridized carbons (Fsp3) is 0.524. The molecule has 29 heavy (non-hydrogen) atoms. The van der Waals surface area contributed by atoms with E-state index in [1.165, 1.54) is 4.57 Å². The fourth-order valence-corrected chi connectivity index (χ4v) is 4.26. The van der Waals surface area contributed by atoms with E-state index in [1.807, 2.05) is 50.2 Å². The lowest BCUT2D eigenvalue weighted by atomic mass is 10.0. The third-order valence-corrected chi connectivity index (χ3v) is 5.91. The molecule has 1 unspecified atom stereocenters. The minimum Gasteiger partial charge on any atom is -0.381 e. The number of aromatic nitrogens is 2. The van der Waals surface area contributed by atoms with Crippen LogP contribution in [0.4, 0.5) is 4.79 Å². The van der Waals surface area contributed by atoms with Gasteiger partial charge in [-0.3, -0.25) is 4.57 Å². The largest absolute Gasteiger partial charge is 0.381 e. The zero-order valence-corrected chi connectivity index (χ0v) is 17.3. The molecule has 2 aromatic rings. The van der Waals surface area contributed by atoms with Gasteiger partial charge in [0.1, 0.15) is 0 Å². The van der Waals surface area contributed by atoms with Crippen molar-refractivity contribution < 1.29 is 9.53 Å². The Morgan fingerprint density at radius 2 is 1.97 bits per heavy atom. The van der Waals surface area contributed by atoms with Crippen molar-refractivity contribution in [1.82, 2.24) is 24.9 Å². The molecule has 0 bridgehead atoms. The number of carbonyl (C=O) groups excluding carboxylic acids is 1. The number of rotatable bonds is 4. The molecule has 4 rings (SSSR count). The molecule has 1 amide bonds. The SMILES string of the molecule is CC1=CC(C)(CNC(=O)n2c(=O)n(CC3CCOCC3)c3ccccc32)NN1C. The van der Waals surface area contributed by atoms with Gasteiger partial charge in [0.05, 0.1) is 16.6 Å². The predicted molar refractivity (Wildman–Crippen MR) is 112 cm³/mol. The monoisotopic (exact) mass is 399 g/mol. The summed E-state index contributed by atoms with van der Waals surface area (Å²) in [6.07, 6.45) is 3.94. The van der Waals surface area contributed by atoms with E-state index in [1.54, 1.807) is 4.57 Å². The van der Waals surface area contributed by atoms with Crippen molar-refractivity contribution in [1.29, 1.82) is 0 Å². The van der Waals surface area contributed by atoms with Gasteiger partial charge >= 0.3 is 11.7 Å². The molecule has 3 heterocycles. The third kappa shape index (κ3) is 3.82. The van der Waals surface area contributed by atoms with Crippen LogP contribution in [0.25, 0.3) is 11.0 Å². The van der Waals surface area contributed by atoms with E-state index in [9.17, 15) is 9.59 Å². The molecule has 1 fully saturated rings. The summed E-state index contributed by atoms with van der Waals surface area (Å²) in [5.74, 6) is 0.383. The summed E-state index contributed by atoms with van der Waals surface area (Å²) in [6.45, 7) is 6.46. The van der Waals surface area contributed by atoms with E-state index in [2.05, 4.69) is 16.8 Å². The Labute approximate surface area is 170 Å². The highest BCUT2D eigenvalue weighted by atomic mass is 16.5. The second-order valence-electron chi connectivity index (χ2n) is 8.31. The zero-order valence-electron chi connectivity index (χ0n) is 17.3. The number of hydrogen-bond donors (Lipinski definition) is 2. The van der Waals surface area contributed by atoms with Crippen molar-refractivity contribution in [2.24, 2.45) is 5.92 Å². The Bertz CT molecular complexity index is 1000. The number of nitrogens with zero attached hydrogens (tertiary/aromatic N) is 3. The van der Waals surface area contributed by atoms with Crippen LogP contribution in [0.1, 0.15) is 26.7 Å². The first-order valence-electron chi connectivity index (χ1n) is 10.2. The van der Waals surface area contributed by atoms with Gasteiger partial charge in [-0.15, -0.1) is 0 Å². The van der Waals surface area contributed by atoms with Crippen molar-refractivity contribution >= 4 is 17.1 Å². The number of nitrogens with one attached hydrogen (secondary N) is 2. The first-order valence-corrected chi connectivity index (χ1v) is 10.2. The molecule has 1 saturated heterocycles. The molecule has 156 valence electrons. The van der Waals surface area contributed by atoms with E-state index >= 15 is 0 Å². The van der Waals surface area contributed by atoms with Crippen LogP contribution in [0.3, 0.4) is 0 Å². The molecular weight excluding hydrogens is 370 g/mol. The van der Waals surface area contributed by atoms with Gasteiger partial charge in [-0.05, 0) is 50.8 Å². The van der Waals surface area contributed by atoms with Gasteiger partial charge in [-0.25, -0.2) is 19.6 Å². The highest BCUT2D eigenvalue weighted by Crippen LogP contribution is 2.21. The minimum absolute atomic E-state index is 0.288. The number of allylic oxidation sites excluding steroid dienone is 1. The highest BCUT2D eigenvalue weighted by molar-refractivity contribution is 5.89. The molecule has 1 aromatic carbocycles. The second-order valence-corrected chi connectivity index (χ2v) is 8.31. The molecular formula is C21H29N5O3. The average Bonchev–Trinajstić information content (AvgIpc) is 3.13. The lowest BCUT2D eigenvalue weighted by molar-refractivity contribution is 0.0613. The molecule has 0 aliphatic carbocycles. The molecule has 0 saturated carbocycles. The summed E-state index contributed by atoms with van der Waals surface area (Å²) in [7, 11) is 1.94. The maximum absolute atomic E-state index is 13.2. The number of ether oxygens (including phenoxy) is 1. The predicted octanol–water partition coefficient (Wildman–Crippen LogP) is 1.90. The molecule has 8 heteroatoms. The molecule has 1 aromatic heterocycles. The van der Waals surface area contributed by atoms with Crippen molar-refractivity contribution in [3.05, 3.63) is 46.5 Å². The van der Waals surface area contributed by atoms with E-state index < -0.39 is 11.6 Å². The van der Waals surface area contributed by atoms with Crippen molar-refractivity contribution in [2.45, 2.75) is 38.8 Å². The Morgan fingerprint density at radius 1 is 1.28 bits per heavy atom. The number of benzene rings is 1. The van der Waals surface area contributed by atoms with Gasteiger partial charge in [0.2, 0.25) is 0 Å². The fourth-order valence-electron chi connectivity index (χ4n) is 4.26. The lowest BCUT2D eigenvalue weighted by Gasteiger charge is -2.26. The Hall–Kier alpha value is -2.58. The van der Waals surface area contributed by atoms with Gasteiger partial charge in [0, 0.05) is 39.0 Å². The lowest BCUT2D eigenvalue weighted by Crippen LogP contribution is -2.52. The van der Waals surface area contributed by atoms with Crippen LogP contribution in [0.2, 0.25) is 0 Å². The molecule has 1 atom stereocenters. The average molecular weight is 399 g/mol. The molecule has 0 spiro atoms. The maximum atomic E-state index is 13.2. The van der Waals surface area contributed by atoms with Gasteiger partial charge in [0.25, 0.3) is 0 Å². The summed E-state index contributed by atoms with van der Waals surface area (Å²) < 4.78 is 8.42. The smallest absolute Gasteiger partial charge is 0.337 e. The number of carbonyl (C=O) groups is 1. The standard InChI is InChI=1S/C21H29N5O3/c1-15-12-21(2,23-24(15)3)14-22-19(27)26-18-7-5-4-6-17(18)25(20(26)28)13-16-8-10-29-11-9-16/h4-7,12,16,23H,8-11,13-14H2,1-3H3,(H,22,27). The summed E-state index contributed by atoms with van der Waals surface area (Å²) in [5.41, 5.74) is 5.16. The van der Waals surface area contributed by atoms with Crippen molar-refractivity contribution in [3.8, 4) is 0 Å². The summed E-state index contributed by atoms with van der Waals surface area (Å²) in [5, 5.41) is 4.86. The van der Waals surface area contributed by atoms with Crippen LogP contribution >= 0.6 is 0 Å². The van der Waals surface area contributed by atoms with Crippen molar-refractivity contribution in [2.75, 3.05) is 26.8 Å². The quantitative estimate of drug-likeness (QED) is 0.821. The molecule has 2 N–H and O–H groups in total. The van der Waals surface area contributed by atoms with E-state index in [0.717, 1.165) is 37.3 Å². The van der Waals surface area contributed by atoms with Gasteiger partial charge < -0.3 is 15.1 Å². The summed E-state index contributed by atoms with van der Waals surface area (Å²) in [4.78, 5) is 26.2. The van der Waals surface area contributed by atoms with E-state index in [-0.39, 0.29) is 5.69 Å².